The molecule has 2 aliphatic heterocycles. The van der Waals surface area contributed by atoms with E-state index in [0.29, 0.717) is 96.2 Å². The van der Waals surface area contributed by atoms with E-state index in [2.05, 4.69) is 111 Å². The van der Waals surface area contributed by atoms with Gasteiger partial charge in [-0.05, 0) is 149 Å². The molecule has 12 nitrogen and oxygen atoms in total. The molecule has 2 aliphatic rings. The summed E-state index contributed by atoms with van der Waals surface area (Å²) in [5.41, 5.74) is 11.6. The van der Waals surface area contributed by atoms with Gasteiger partial charge in [0.25, 0.3) is 0 Å². The first-order valence-corrected chi connectivity index (χ1v) is 41.6. The van der Waals surface area contributed by atoms with Crippen molar-refractivity contribution < 1.29 is 87.9 Å². The monoisotopic (exact) mass is 2060 g/mol. The number of ether oxygens (including phenoxy) is 2. The molecule has 0 aliphatic carbocycles. The van der Waals surface area contributed by atoms with Gasteiger partial charge >= 0.3 is 0 Å². The van der Waals surface area contributed by atoms with Crippen LogP contribution in [0.2, 0.25) is 0 Å². The van der Waals surface area contributed by atoms with Crippen LogP contribution < -0.4 is 29.1 Å². The van der Waals surface area contributed by atoms with Gasteiger partial charge in [-0.1, -0.05) is 318 Å². The van der Waals surface area contributed by atoms with Crippen LogP contribution in [0.25, 0.3) is 144 Å². The Balaban J connectivity index is 0.000000173. The van der Waals surface area contributed by atoms with Crippen molar-refractivity contribution in [2.75, 3.05) is 19.6 Å². The molecule has 0 saturated carbocycles. The number of pyridine rings is 2. The maximum absolute atomic E-state index is 9.11. The van der Waals surface area contributed by atoms with Gasteiger partial charge in [-0.2, -0.15) is 12.1 Å². The molecular weight excluding hydrogens is 1960 g/mol. The van der Waals surface area contributed by atoms with Crippen molar-refractivity contribution in [1.82, 2.24) is 19.1 Å². The molecule has 0 radical (unpaired) electrons. The van der Waals surface area contributed by atoms with E-state index in [9.17, 15) is 0 Å². The first-order valence-electron chi connectivity index (χ1n) is 51.6. The van der Waals surface area contributed by atoms with Crippen molar-refractivity contribution in [3.05, 3.63) is 425 Å². The van der Waals surface area contributed by atoms with E-state index >= 15 is 0 Å². The van der Waals surface area contributed by atoms with Crippen LogP contribution in [-0.2, 0) is 53.0 Å². The average Bonchev–Trinajstić information content (AvgIpc) is 1.53. The summed E-state index contributed by atoms with van der Waals surface area (Å²) >= 11 is 0. The van der Waals surface area contributed by atoms with Gasteiger partial charge in [0.1, 0.15) is 22.8 Å². The molecule has 0 saturated heterocycles. The third-order valence-corrected chi connectivity index (χ3v) is 23.3. The molecule has 636 valence electrons. The Kier molecular flexibility index (Phi) is 16.0. The van der Waals surface area contributed by atoms with E-state index < -0.39 is 121 Å². The molecule has 8 heterocycles. The molecule has 6 aromatic heterocycles. The van der Waals surface area contributed by atoms with Crippen molar-refractivity contribution in [2.24, 2.45) is 0 Å². The first kappa shape index (κ1) is 62.4. The van der Waals surface area contributed by atoms with Gasteiger partial charge in [-0.15, -0.1) is 72.9 Å². The van der Waals surface area contributed by atoms with Gasteiger partial charge in [-0.3, -0.25) is 0 Å². The molecule has 24 rings (SSSR count). The van der Waals surface area contributed by atoms with Gasteiger partial charge in [0, 0.05) is 156 Å². The Bertz CT molecular complexity index is 9160. The minimum atomic E-state index is -0.575. The summed E-state index contributed by atoms with van der Waals surface area (Å²) in [6, 6.07) is 79.4. The summed E-state index contributed by atoms with van der Waals surface area (Å²) in [7, 11) is 0. The van der Waals surface area contributed by atoms with Gasteiger partial charge in [-0.25, -0.2) is 9.97 Å². The number of rotatable bonds is 14. The topological polar surface area (TPSA) is 93.3 Å². The quantitative estimate of drug-likeness (QED) is 0.0980. The summed E-state index contributed by atoms with van der Waals surface area (Å²) < 4.78 is 207. The number of aromatic nitrogens is 4. The summed E-state index contributed by atoms with van der Waals surface area (Å²) in [5, 5.41) is 6.82. The molecule has 0 spiro atoms. The largest absolute Gasteiger partial charge is 0.508 e. The fourth-order valence-corrected chi connectivity index (χ4v) is 17.4. The van der Waals surface area contributed by atoms with Gasteiger partial charge in [0.05, 0.1) is 27.4 Å². The average molecular weight is 2060 g/mol. The molecule has 0 N–H and O–H groups in total. The van der Waals surface area contributed by atoms with Crippen LogP contribution >= 0.6 is 0 Å². The van der Waals surface area contributed by atoms with Crippen molar-refractivity contribution in [1.29, 1.82) is 0 Å². The normalized spacial score (nSPS) is 14.8. The van der Waals surface area contributed by atoms with E-state index in [4.69, 9.17) is 55.7 Å². The van der Waals surface area contributed by atoms with Gasteiger partial charge in [0.15, 0.2) is 0 Å². The van der Waals surface area contributed by atoms with Gasteiger partial charge < -0.3 is 47.0 Å². The van der Waals surface area contributed by atoms with E-state index in [1.807, 2.05) is 186 Å². The Morgan fingerprint density at radius 2 is 0.746 bits per heavy atom. The van der Waals surface area contributed by atoms with Crippen molar-refractivity contribution in [3.8, 4) is 79.1 Å². The Morgan fingerprint density at radius 3 is 1.26 bits per heavy atom. The SMILES string of the molecule is [2H]c1c([2H])c([2H])c(-c2cccc(-c3c([2H])c([2H])c([2H])c([2H])c3[2H])c2N2[CH-]N(c3[c-]c(Oc4[c-]c5c(c6ccccc6n5-c5cc(C(C)(C)C)ccn5)c5oc6ccccc6c45)ccc3)c3ccccc32)c([2H])c1[2H].[2H]c1c([2H])c([2H])c(-c2cccc(-c3c([2H])c([2H])c([2H])c([2H])c3[2H])c2N2[CH-]N(c3[c-]c(Oc4[c-]c5c(cc4)c4ccccc4n5-c4cc(C(C)(C)C)ccn4)c4c(c3)oc3ccccc34)c3ccccc32)c([2H])c1[2H].[Pt].[Pt]. The molecule has 0 atom stereocenters. The number of nitrogens with zero attached hydrogens (tertiary/aromatic N) is 8. The van der Waals surface area contributed by atoms with E-state index in [-0.39, 0.29) is 109 Å². The van der Waals surface area contributed by atoms with E-state index in [1.165, 1.54) is 0 Å². The number of hydrogen-bond acceptors (Lipinski definition) is 10. The molecule has 0 amide bonds. The van der Waals surface area contributed by atoms with Crippen LogP contribution in [0.1, 0.15) is 80.1 Å². The summed E-state index contributed by atoms with van der Waals surface area (Å²) in [5.74, 6) is 2.91. The predicted molar refractivity (Wildman–Crippen MR) is 522 cm³/mol. The third-order valence-electron chi connectivity index (χ3n) is 23.3. The molecule has 0 fully saturated rings. The van der Waals surface area contributed by atoms with Crippen LogP contribution in [0.4, 0.5) is 45.5 Å². The molecule has 130 heavy (non-hydrogen) atoms. The van der Waals surface area contributed by atoms with Crippen LogP contribution in [0.5, 0.6) is 23.0 Å². The third kappa shape index (κ3) is 14.4. The van der Waals surface area contributed by atoms with Crippen LogP contribution in [0, 0.1) is 37.6 Å². The zero-order valence-corrected chi connectivity index (χ0v) is 74.8. The predicted octanol–water partition coefficient (Wildman–Crippen LogP) is 31.0. The molecule has 14 heteroatoms. The number of furan rings is 2. The summed E-state index contributed by atoms with van der Waals surface area (Å²) in [4.78, 5) is 16.9. The molecule has 0 bridgehead atoms. The van der Waals surface area contributed by atoms with Gasteiger partial charge in [0.2, 0.25) is 0 Å². The summed E-state index contributed by atoms with van der Waals surface area (Å²) in [6.45, 7) is 16.5. The second-order valence-corrected chi connectivity index (χ2v) is 33.1. The number of benzene rings is 16. The van der Waals surface area contributed by atoms with Crippen LogP contribution in [0.3, 0.4) is 0 Å². The number of fused-ring (bicyclic) bond motifs is 15. The Labute approximate surface area is 810 Å². The standard InChI is InChI=1S/2C58H41N4O2.2Pt/c1-58(2,3)40-32-33-59-53(34-40)62-47-28-12-10-24-45(47)54-50(62)36-52(55-46-25-11-15-31-51(46)64-57(54)55)63-42-23-16-22-41(35-42)60-37-61(49-30-14-13-29-48(49)60)56-43(38-18-6-4-7-19-38)26-17-27-44(56)39-20-8-5-9-21-39;1-58(2,3)40-31-32-59-55(33-40)62-48-25-12-10-21-45(48)46-30-29-42(36-51(46)62)63-53-34-41(35-54-56(53)47-22-11-15-28-52(47)64-54)60-37-61(50-27-14-13-26-49(50)60)57-43(38-17-6-4-7-18-38)23-16-24-44(57)39-19-8-5-9-20-39;;/h4-34,37H,1-3H3;4-33,35,37H,1-3H3;;/q2*-3;;/i4D,5D,6D,7D,8D,9D,18D,19D,20D,21D;4D,5D,6D,7D,8D,9D,17D,18D,19D,20D;;. The maximum atomic E-state index is 9.11. The zero-order chi connectivity index (χ0) is 103. The zero-order valence-electron chi connectivity index (χ0n) is 90.2. The molecule has 0 unspecified atom stereocenters. The smallest absolute Gasteiger partial charge is 0.135 e. The fourth-order valence-electron chi connectivity index (χ4n) is 17.4. The Morgan fingerprint density at radius 1 is 0.331 bits per heavy atom. The molecular formula is C116H82N8O4Pt2-6. The number of anilines is 8. The van der Waals surface area contributed by atoms with Crippen molar-refractivity contribution in [2.45, 2.75) is 52.4 Å². The first-order chi connectivity index (χ1) is 71.0. The fraction of sp³-hybridized carbons (Fsp3) is 0.0690. The van der Waals surface area contributed by atoms with E-state index in [1.54, 1.807) is 65.6 Å². The van der Waals surface area contributed by atoms with Crippen LogP contribution in [0.15, 0.2) is 385 Å². The van der Waals surface area contributed by atoms with E-state index in [0.717, 1.165) is 71.2 Å². The minimum Gasteiger partial charge on any atom is -0.508 e. The van der Waals surface area contributed by atoms with Crippen molar-refractivity contribution in [3.63, 3.8) is 0 Å². The van der Waals surface area contributed by atoms with Crippen LogP contribution in [-0.4, -0.2) is 19.1 Å². The summed E-state index contributed by atoms with van der Waals surface area (Å²) in [6.07, 6.45) is 3.66. The second-order valence-electron chi connectivity index (χ2n) is 33.1. The molecule has 16 aromatic carbocycles. The minimum absolute atomic E-state index is 0. The van der Waals surface area contributed by atoms with Crippen molar-refractivity contribution >= 4 is 133 Å². The number of para-hydroxylation sites is 10. The number of hydrogen-bond donors (Lipinski definition) is 0. The molecule has 22 aromatic rings. The maximum Gasteiger partial charge on any atom is 0.135 e. The Hall–Kier alpha value is -14.8. The second kappa shape index (κ2) is 33.4.